The molecule has 1 aromatic heterocycles. The molecule has 0 aliphatic carbocycles. The van der Waals surface area contributed by atoms with Crippen LogP contribution in [0.15, 0.2) is 77.8 Å². The summed E-state index contributed by atoms with van der Waals surface area (Å²) in [7, 11) is -3.38. The molecule has 0 fully saturated rings. The summed E-state index contributed by atoms with van der Waals surface area (Å²) in [6.45, 7) is 1.09. The summed E-state index contributed by atoms with van der Waals surface area (Å²) in [5.41, 5.74) is 0.702. The molecule has 3 N–H and O–H groups in total. The van der Waals surface area contributed by atoms with E-state index in [1.165, 1.54) is 30.3 Å². The van der Waals surface area contributed by atoms with Crippen molar-refractivity contribution in [3.8, 4) is 17.6 Å². The van der Waals surface area contributed by atoms with E-state index in [1.807, 2.05) is 24.3 Å². The molecule has 0 saturated heterocycles. The number of alkyl halides is 3. The molecule has 4 rings (SSSR count). The van der Waals surface area contributed by atoms with E-state index in [-0.39, 0.29) is 16.9 Å². The van der Waals surface area contributed by atoms with Crippen LogP contribution in [0.2, 0.25) is 0 Å². The molecule has 3 aromatic carbocycles. The molecule has 7 nitrogen and oxygen atoms in total. The smallest absolute Gasteiger partial charge is 0.405 e. The zero-order valence-corrected chi connectivity index (χ0v) is 22.3. The van der Waals surface area contributed by atoms with Gasteiger partial charge in [-0.3, -0.25) is 4.79 Å². The number of rotatable bonds is 7. The van der Waals surface area contributed by atoms with E-state index >= 15 is 0 Å². The molecule has 1 atom stereocenters. The molecule has 0 aliphatic heterocycles. The third-order valence-corrected chi connectivity index (χ3v) is 7.23. The number of hydrogen-bond acceptors (Lipinski definition) is 5. The van der Waals surface area contributed by atoms with Crippen molar-refractivity contribution in [1.29, 1.82) is 0 Å². The van der Waals surface area contributed by atoms with E-state index in [1.54, 1.807) is 13.1 Å². The Morgan fingerprint density at radius 2 is 1.68 bits per heavy atom. The average Bonchev–Trinajstić information content (AvgIpc) is 3.29. The van der Waals surface area contributed by atoms with Gasteiger partial charge in [-0.15, -0.1) is 13.2 Å². The highest BCUT2D eigenvalue weighted by molar-refractivity contribution is 7.90. The molecule has 1 unspecified atom stereocenters. The van der Waals surface area contributed by atoms with Crippen LogP contribution in [-0.2, 0) is 16.3 Å². The molecule has 40 heavy (non-hydrogen) atoms. The Labute approximate surface area is 228 Å². The van der Waals surface area contributed by atoms with Crippen molar-refractivity contribution in [2.75, 3.05) is 12.9 Å². The second-order valence-electron chi connectivity index (χ2n) is 9.51. The van der Waals surface area contributed by atoms with Crippen molar-refractivity contribution >= 4 is 26.6 Å². The number of fused-ring (bicyclic) bond motifs is 1. The highest BCUT2D eigenvalue weighted by atomic mass is 32.2. The van der Waals surface area contributed by atoms with Crippen LogP contribution in [0.3, 0.4) is 0 Å². The number of ether oxygens (including phenoxy) is 1. The van der Waals surface area contributed by atoms with E-state index in [0.717, 1.165) is 34.9 Å². The Morgan fingerprint density at radius 3 is 2.33 bits per heavy atom. The number of amides is 1. The highest BCUT2D eigenvalue weighted by Crippen LogP contribution is 2.29. The van der Waals surface area contributed by atoms with E-state index < -0.39 is 45.6 Å². The standard InChI is InChI=1S/C29H25F3N2O5S/c1-28(18-35,16-21-17-33-25-6-4-3-5-23(21)25)34-27(36)24-15-20(11-14-26(24)39-29(30,31)32)8-7-19-9-12-22(13-10-19)40(2,37)38/h3-6,9-15,17,33,35H,16,18H2,1-2H3,(H,34,36). The zero-order chi connectivity index (χ0) is 29.1. The van der Waals surface area contributed by atoms with Gasteiger partial charge in [0, 0.05) is 34.5 Å². The number of H-pyrrole nitrogens is 1. The Kier molecular flexibility index (Phi) is 7.95. The number of aliphatic hydroxyl groups excluding tert-OH is 1. The number of aromatic nitrogens is 1. The highest BCUT2D eigenvalue weighted by Gasteiger charge is 2.34. The Bertz CT molecular complexity index is 1720. The average molecular weight is 571 g/mol. The number of benzene rings is 3. The van der Waals surface area contributed by atoms with Crippen LogP contribution in [0.5, 0.6) is 5.75 Å². The summed E-state index contributed by atoms with van der Waals surface area (Å²) >= 11 is 0. The molecule has 1 amide bonds. The Morgan fingerprint density at radius 1 is 1.02 bits per heavy atom. The summed E-state index contributed by atoms with van der Waals surface area (Å²) < 4.78 is 66.7. The van der Waals surface area contributed by atoms with Gasteiger partial charge in [0.05, 0.1) is 22.6 Å². The van der Waals surface area contributed by atoms with Crippen molar-refractivity contribution in [1.82, 2.24) is 10.3 Å². The lowest BCUT2D eigenvalue weighted by Crippen LogP contribution is -2.50. The molecule has 0 radical (unpaired) electrons. The molecule has 0 aliphatic rings. The summed E-state index contributed by atoms with van der Waals surface area (Å²) in [5.74, 6) is 3.95. The minimum atomic E-state index is -5.05. The minimum absolute atomic E-state index is 0.116. The summed E-state index contributed by atoms with van der Waals surface area (Å²) in [5, 5.41) is 13.7. The lowest BCUT2D eigenvalue weighted by Gasteiger charge is -2.29. The van der Waals surface area contributed by atoms with Crippen molar-refractivity contribution in [3.05, 3.63) is 95.2 Å². The number of sulfone groups is 1. The van der Waals surface area contributed by atoms with E-state index in [2.05, 4.69) is 26.9 Å². The van der Waals surface area contributed by atoms with Crippen molar-refractivity contribution in [2.45, 2.75) is 30.1 Å². The number of hydrogen-bond donors (Lipinski definition) is 3. The van der Waals surface area contributed by atoms with Crippen LogP contribution >= 0.6 is 0 Å². The van der Waals surface area contributed by atoms with Gasteiger partial charge in [0.15, 0.2) is 9.84 Å². The fourth-order valence-corrected chi connectivity index (χ4v) is 4.74. The minimum Gasteiger partial charge on any atom is -0.405 e. The first-order valence-electron chi connectivity index (χ1n) is 12.0. The second kappa shape index (κ2) is 11.1. The molecule has 208 valence electrons. The lowest BCUT2D eigenvalue weighted by molar-refractivity contribution is -0.274. The fraction of sp³-hybridized carbons (Fsp3) is 0.207. The maximum Gasteiger partial charge on any atom is 0.573 e. The number of nitrogens with one attached hydrogen (secondary N) is 2. The summed E-state index contributed by atoms with van der Waals surface area (Å²) in [6, 6.07) is 16.7. The summed E-state index contributed by atoms with van der Waals surface area (Å²) in [6.07, 6.45) is -2.03. The van der Waals surface area contributed by atoms with Gasteiger partial charge in [-0.25, -0.2) is 8.42 Å². The van der Waals surface area contributed by atoms with Crippen LogP contribution in [0, 0.1) is 11.8 Å². The van der Waals surface area contributed by atoms with Gasteiger partial charge in [-0.2, -0.15) is 0 Å². The fourth-order valence-electron chi connectivity index (χ4n) is 4.11. The number of carbonyl (C=O) groups excluding carboxylic acids is 1. The molecule has 1 heterocycles. The monoisotopic (exact) mass is 570 g/mol. The topological polar surface area (TPSA) is 108 Å². The normalized spacial score (nSPS) is 13.2. The second-order valence-corrected chi connectivity index (χ2v) is 11.5. The van der Waals surface area contributed by atoms with Gasteiger partial charge in [0.2, 0.25) is 0 Å². The van der Waals surface area contributed by atoms with Crippen LogP contribution in [0.25, 0.3) is 10.9 Å². The third kappa shape index (κ3) is 7.02. The molecular formula is C29H25F3N2O5S. The molecule has 0 saturated carbocycles. The first-order chi connectivity index (χ1) is 18.8. The molecule has 0 spiro atoms. The quantitative estimate of drug-likeness (QED) is 0.282. The van der Waals surface area contributed by atoms with Gasteiger partial charge >= 0.3 is 6.36 Å². The van der Waals surface area contributed by atoms with E-state index in [0.29, 0.717) is 5.56 Å². The molecule has 0 bridgehead atoms. The van der Waals surface area contributed by atoms with Gasteiger partial charge in [0.1, 0.15) is 5.75 Å². The molecular weight excluding hydrogens is 545 g/mol. The van der Waals surface area contributed by atoms with Crippen LogP contribution in [0.4, 0.5) is 13.2 Å². The maximum absolute atomic E-state index is 13.3. The SMILES string of the molecule is CC(CO)(Cc1c[nH]c2ccccc12)NC(=O)c1cc(C#Cc2ccc(S(C)(=O)=O)cc2)ccc1OC(F)(F)F. The van der Waals surface area contributed by atoms with Gasteiger partial charge in [0.25, 0.3) is 5.91 Å². The first kappa shape index (κ1) is 28.7. The van der Waals surface area contributed by atoms with Gasteiger partial charge < -0.3 is 20.1 Å². The van der Waals surface area contributed by atoms with Crippen LogP contribution < -0.4 is 10.1 Å². The lowest BCUT2D eigenvalue weighted by atomic mass is 9.92. The number of halogens is 3. The predicted molar refractivity (Wildman–Crippen MR) is 144 cm³/mol. The number of aliphatic hydroxyl groups is 1. The van der Waals surface area contributed by atoms with Crippen molar-refractivity contribution in [2.24, 2.45) is 0 Å². The Balaban J connectivity index is 1.63. The first-order valence-corrected chi connectivity index (χ1v) is 13.9. The third-order valence-electron chi connectivity index (χ3n) is 6.10. The van der Waals surface area contributed by atoms with Crippen LogP contribution in [-0.4, -0.2) is 49.2 Å². The van der Waals surface area contributed by atoms with Crippen molar-refractivity contribution in [3.63, 3.8) is 0 Å². The largest absolute Gasteiger partial charge is 0.573 e. The number of para-hydroxylation sites is 1. The van der Waals surface area contributed by atoms with E-state index in [9.17, 15) is 31.5 Å². The molecule has 4 aromatic rings. The Hall–Kier alpha value is -4.27. The predicted octanol–water partition coefficient (Wildman–Crippen LogP) is 4.59. The molecule has 11 heteroatoms. The van der Waals surface area contributed by atoms with Gasteiger partial charge in [-0.05, 0) is 67.4 Å². The van der Waals surface area contributed by atoms with Crippen LogP contribution in [0.1, 0.15) is 34.0 Å². The summed E-state index contributed by atoms with van der Waals surface area (Å²) in [4.78, 5) is 16.5. The van der Waals surface area contributed by atoms with E-state index in [4.69, 9.17) is 0 Å². The zero-order valence-electron chi connectivity index (χ0n) is 21.5. The number of carbonyl (C=O) groups is 1. The van der Waals surface area contributed by atoms with Gasteiger partial charge in [-0.1, -0.05) is 30.0 Å². The van der Waals surface area contributed by atoms with Crippen molar-refractivity contribution < 1.29 is 36.2 Å². The number of aromatic amines is 1. The maximum atomic E-state index is 13.3.